The van der Waals surface area contributed by atoms with E-state index < -0.39 is 12.1 Å². The SMILES string of the molecule is CC(C)CCCC(=O)NC(=O)NCCSSCC(=O)NC(=O)NC1CC1. The molecule has 1 aliphatic rings. The highest BCUT2D eigenvalue weighted by atomic mass is 33.1. The standard InChI is InChI=1S/C16H28N4O4S2/c1-11(2)4-3-5-13(21)19-15(23)17-8-9-25-26-10-14(22)20-16(24)18-12-6-7-12/h11-12H,3-10H2,1-2H3,(H2,17,19,21,23)(H2,18,20,22,24). The molecule has 0 aliphatic heterocycles. The Morgan fingerprint density at radius 1 is 1.00 bits per heavy atom. The molecule has 0 bridgehead atoms. The van der Waals surface area contributed by atoms with Crippen molar-refractivity contribution >= 4 is 45.5 Å². The molecule has 0 aromatic rings. The van der Waals surface area contributed by atoms with Crippen LogP contribution in [0.2, 0.25) is 0 Å². The summed E-state index contributed by atoms with van der Waals surface area (Å²) in [6, 6.07) is -0.733. The average molecular weight is 405 g/mol. The Balaban J connectivity index is 1.93. The second-order valence-corrected chi connectivity index (χ2v) is 9.05. The zero-order valence-electron chi connectivity index (χ0n) is 15.3. The van der Waals surface area contributed by atoms with Crippen LogP contribution in [-0.2, 0) is 9.59 Å². The lowest BCUT2D eigenvalue weighted by molar-refractivity contribution is -0.120. The number of rotatable bonds is 11. The summed E-state index contributed by atoms with van der Waals surface area (Å²) >= 11 is 0. The van der Waals surface area contributed by atoms with E-state index in [0.717, 1.165) is 25.7 Å². The van der Waals surface area contributed by atoms with Crippen LogP contribution < -0.4 is 21.3 Å². The van der Waals surface area contributed by atoms with Crippen molar-refractivity contribution in [2.45, 2.75) is 52.0 Å². The normalized spacial score (nSPS) is 13.2. The van der Waals surface area contributed by atoms with Crippen molar-refractivity contribution in [3.05, 3.63) is 0 Å². The minimum absolute atomic E-state index is 0.156. The zero-order chi connectivity index (χ0) is 19.4. The van der Waals surface area contributed by atoms with Gasteiger partial charge >= 0.3 is 12.1 Å². The second kappa shape index (κ2) is 12.9. The molecule has 1 saturated carbocycles. The van der Waals surface area contributed by atoms with Gasteiger partial charge in [-0.1, -0.05) is 41.9 Å². The molecule has 0 saturated heterocycles. The number of nitrogens with one attached hydrogen (secondary N) is 4. The Bertz CT molecular complexity index is 499. The molecule has 0 atom stereocenters. The number of carbonyl (C=O) groups excluding carboxylic acids is 4. The maximum Gasteiger partial charge on any atom is 0.321 e. The molecule has 1 rings (SSSR count). The Kier molecular flexibility index (Phi) is 11.2. The van der Waals surface area contributed by atoms with Gasteiger partial charge < -0.3 is 10.6 Å². The molecule has 0 aromatic heterocycles. The third kappa shape index (κ3) is 12.9. The van der Waals surface area contributed by atoms with E-state index in [0.29, 0.717) is 24.6 Å². The molecule has 8 nitrogen and oxygen atoms in total. The van der Waals surface area contributed by atoms with Crippen molar-refractivity contribution in [1.82, 2.24) is 21.3 Å². The molecule has 4 N–H and O–H groups in total. The van der Waals surface area contributed by atoms with Crippen molar-refractivity contribution in [2.75, 3.05) is 18.1 Å². The largest absolute Gasteiger partial charge is 0.337 e. The van der Waals surface area contributed by atoms with Crippen molar-refractivity contribution in [2.24, 2.45) is 5.92 Å². The highest BCUT2D eigenvalue weighted by Crippen LogP contribution is 2.20. The van der Waals surface area contributed by atoms with E-state index in [9.17, 15) is 19.2 Å². The highest BCUT2D eigenvalue weighted by molar-refractivity contribution is 8.76. The predicted molar refractivity (Wildman–Crippen MR) is 105 cm³/mol. The summed E-state index contributed by atoms with van der Waals surface area (Å²) in [4.78, 5) is 46.0. The minimum atomic E-state index is -0.500. The molecule has 10 heteroatoms. The molecular weight excluding hydrogens is 376 g/mol. The number of hydrogen-bond acceptors (Lipinski definition) is 6. The molecule has 0 spiro atoms. The lowest BCUT2D eigenvalue weighted by Crippen LogP contribution is -2.41. The van der Waals surface area contributed by atoms with Gasteiger partial charge in [0.2, 0.25) is 11.8 Å². The van der Waals surface area contributed by atoms with Crippen LogP contribution in [0.3, 0.4) is 0 Å². The van der Waals surface area contributed by atoms with Gasteiger partial charge in [-0.05, 0) is 25.2 Å². The maximum absolute atomic E-state index is 11.5. The van der Waals surface area contributed by atoms with Crippen LogP contribution in [0, 0.1) is 5.92 Å². The lowest BCUT2D eigenvalue weighted by atomic mass is 10.1. The van der Waals surface area contributed by atoms with Gasteiger partial charge in [-0.25, -0.2) is 9.59 Å². The third-order valence-corrected chi connectivity index (χ3v) is 5.62. The predicted octanol–water partition coefficient (Wildman–Crippen LogP) is 2.01. The van der Waals surface area contributed by atoms with Gasteiger partial charge in [0.15, 0.2) is 0 Å². The molecule has 0 aromatic carbocycles. The first-order valence-corrected chi connectivity index (χ1v) is 11.3. The first-order valence-electron chi connectivity index (χ1n) is 8.79. The summed E-state index contributed by atoms with van der Waals surface area (Å²) < 4.78 is 0. The third-order valence-electron chi connectivity index (χ3n) is 3.35. The topological polar surface area (TPSA) is 116 Å². The van der Waals surface area contributed by atoms with E-state index in [1.165, 1.54) is 21.6 Å². The summed E-state index contributed by atoms with van der Waals surface area (Å²) in [5.41, 5.74) is 0. The molecule has 1 aliphatic carbocycles. The van der Waals surface area contributed by atoms with Gasteiger partial charge in [-0.2, -0.15) is 0 Å². The van der Waals surface area contributed by atoms with Gasteiger partial charge in [0, 0.05) is 24.8 Å². The van der Waals surface area contributed by atoms with Crippen molar-refractivity contribution in [3.63, 3.8) is 0 Å². The van der Waals surface area contributed by atoms with E-state index in [1.807, 2.05) is 0 Å². The Hall–Kier alpha value is -1.42. The van der Waals surface area contributed by atoms with Crippen LogP contribution in [0.4, 0.5) is 9.59 Å². The van der Waals surface area contributed by atoms with Gasteiger partial charge in [-0.3, -0.25) is 20.2 Å². The second-order valence-electron chi connectivity index (χ2n) is 6.47. The first kappa shape index (κ1) is 22.6. The van der Waals surface area contributed by atoms with Crippen molar-refractivity contribution in [3.8, 4) is 0 Å². The summed E-state index contributed by atoms with van der Waals surface area (Å²) in [6.07, 6.45) is 4.01. The molecule has 0 radical (unpaired) electrons. The minimum Gasteiger partial charge on any atom is -0.337 e. The molecular formula is C16H28N4O4S2. The van der Waals surface area contributed by atoms with Crippen LogP contribution in [-0.4, -0.2) is 48.0 Å². The average Bonchev–Trinajstić information content (AvgIpc) is 3.33. The van der Waals surface area contributed by atoms with Crippen LogP contribution in [0.15, 0.2) is 0 Å². The van der Waals surface area contributed by atoms with Crippen molar-refractivity contribution in [1.29, 1.82) is 0 Å². The van der Waals surface area contributed by atoms with Gasteiger partial charge in [0.1, 0.15) is 0 Å². The molecule has 0 unspecified atom stereocenters. The van der Waals surface area contributed by atoms with E-state index in [-0.39, 0.29) is 23.6 Å². The maximum atomic E-state index is 11.5. The van der Waals surface area contributed by atoms with E-state index in [4.69, 9.17) is 0 Å². The fraction of sp³-hybridized carbons (Fsp3) is 0.750. The van der Waals surface area contributed by atoms with E-state index >= 15 is 0 Å². The quantitative estimate of drug-likeness (QED) is 0.309. The van der Waals surface area contributed by atoms with Gasteiger partial charge in [0.05, 0.1) is 5.75 Å². The van der Waals surface area contributed by atoms with Crippen LogP contribution >= 0.6 is 21.6 Å². The first-order chi connectivity index (χ1) is 12.4. The molecule has 0 heterocycles. The Morgan fingerprint density at radius 3 is 2.35 bits per heavy atom. The number of imide groups is 2. The summed E-state index contributed by atoms with van der Waals surface area (Å²) in [5, 5.41) is 9.82. The smallest absolute Gasteiger partial charge is 0.321 e. The van der Waals surface area contributed by atoms with E-state index in [2.05, 4.69) is 35.1 Å². The van der Waals surface area contributed by atoms with Gasteiger partial charge in [0.25, 0.3) is 0 Å². The lowest BCUT2D eigenvalue weighted by Gasteiger charge is -2.07. The molecule has 1 fully saturated rings. The monoisotopic (exact) mass is 404 g/mol. The van der Waals surface area contributed by atoms with Crippen molar-refractivity contribution < 1.29 is 19.2 Å². The van der Waals surface area contributed by atoms with Crippen LogP contribution in [0.5, 0.6) is 0 Å². The van der Waals surface area contributed by atoms with Gasteiger partial charge in [-0.15, -0.1) is 0 Å². The number of carbonyl (C=O) groups is 4. The summed E-state index contributed by atoms with van der Waals surface area (Å²) in [5.74, 6) is 0.662. The van der Waals surface area contributed by atoms with E-state index in [1.54, 1.807) is 0 Å². The molecule has 26 heavy (non-hydrogen) atoms. The number of urea groups is 2. The summed E-state index contributed by atoms with van der Waals surface area (Å²) in [6.45, 7) is 4.56. The summed E-state index contributed by atoms with van der Waals surface area (Å²) in [7, 11) is 2.71. The number of hydrogen-bond donors (Lipinski definition) is 4. The Morgan fingerprint density at radius 2 is 1.69 bits per heavy atom. The zero-order valence-corrected chi connectivity index (χ0v) is 16.9. The molecule has 6 amide bonds. The fourth-order valence-electron chi connectivity index (χ4n) is 1.88. The van der Waals surface area contributed by atoms with Crippen LogP contribution in [0.1, 0.15) is 46.0 Å². The highest BCUT2D eigenvalue weighted by Gasteiger charge is 2.23. The Labute approximate surface area is 162 Å². The number of amides is 6. The van der Waals surface area contributed by atoms with Crippen LogP contribution in [0.25, 0.3) is 0 Å². The molecule has 148 valence electrons. The fourth-order valence-corrected chi connectivity index (χ4v) is 3.62.